The minimum absolute atomic E-state index is 0.395. The first-order valence-corrected chi connectivity index (χ1v) is 6.62. The van der Waals surface area contributed by atoms with Crippen molar-refractivity contribution < 1.29 is 4.74 Å². The highest BCUT2D eigenvalue weighted by Crippen LogP contribution is 2.36. The lowest BCUT2D eigenvalue weighted by Crippen LogP contribution is -2.08. The van der Waals surface area contributed by atoms with Crippen LogP contribution in [0.5, 0.6) is 5.75 Å². The van der Waals surface area contributed by atoms with E-state index in [9.17, 15) is 0 Å². The van der Waals surface area contributed by atoms with E-state index in [-0.39, 0.29) is 0 Å². The van der Waals surface area contributed by atoms with Gasteiger partial charge in [0.2, 0.25) is 0 Å². The highest BCUT2D eigenvalue weighted by molar-refractivity contribution is 7.80. The number of fused-ring (bicyclic) bond motifs is 1. The van der Waals surface area contributed by atoms with Gasteiger partial charge in [-0.15, -0.1) is 0 Å². The van der Waals surface area contributed by atoms with Crippen LogP contribution in [0.25, 0.3) is 0 Å². The molecule has 88 valence electrons. The Hall–Kier alpha value is -0.630. The number of aryl methyl sites for hydroxylation is 1. The Morgan fingerprint density at radius 2 is 2.25 bits per heavy atom. The van der Waals surface area contributed by atoms with Crippen LogP contribution in [0, 0.1) is 5.92 Å². The topological polar surface area (TPSA) is 9.23 Å². The summed E-state index contributed by atoms with van der Waals surface area (Å²) in [5.41, 5.74) is 2.82. The van der Waals surface area contributed by atoms with Gasteiger partial charge >= 0.3 is 0 Å². The Morgan fingerprint density at radius 1 is 1.44 bits per heavy atom. The average Bonchev–Trinajstić information content (AvgIpc) is 2.27. The minimum Gasteiger partial charge on any atom is -0.493 e. The SMILES string of the molecule is CC(C)COc1ccc2c(c1)C(S)CCC2. The summed E-state index contributed by atoms with van der Waals surface area (Å²) < 4.78 is 5.75. The molecule has 0 amide bonds. The second kappa shape index (κ2) is 5.13. The first-order chi connectivity index (χ1) is 7.66. The van der Waals surface area contributed by atoms with E-state index in [1.807, 2.05) is 0 Å². The molecule has 0 fully saturated rings. The first-order valence-electron chi connectivity index (χ1n) is 6.10. The van der Waals surface area contributed by atoms with Gasteiger partial charge in [-0.25, -0.2) is 0 Å². The molecule has 0 bridgehead atoms. The summed E-state index contributed by atoms with van der Waals surface area (Å²) in [7, 11) is 0. The summed E-state index contributed by atoms with van der Waals surface area (Å²) in [4.78, 5) is 0. The molecule has 1 atom stereocenters. The van der Waals surface area contributed by atoms with E-state index >= 15 is 0 Å². The molecule has 0 aromatic heterocycles. The van der Waals surface area contributed by atoms with E-state index in [1.165, 1.54) is 30.4 Å². The molecule has 0 spiro atoms. The molecule has 1 aromatic carbocycles. The normalized spacial score (nSPS) is 19.6. The van der Waals surface area contributed by atoms with E-state index in [1.54, 1.807) is 0 Å². The second-order valence-corrected chi connectivity index (χ2v) is 5.60. The molecule has 2 rings (SSSR count). The van der Waals surface area contributed by atoms with Crippen LogP contribution in [0.4, 0.5) is 0 Å². The number of hydrogen-bond donors (Lipinski definition) is 1. The quantitative estimate of drug-likeness (QED) is 0.780. The zero-order valence-electron chi connectivity index (χ0n) is 10.1. The van der Waals surface area contributed by atoms with Crippen molar-refractivity contribution in [3.63, 3.8) is 0 Å². The number of rotatable bonds is 3. The van der Waals surface area contributed by atoms with Gasteiger partial charge in [0.25, 0.3) is 0 Å². The van der Waals surface area contributed by atoms with Crippen LogP contribution in [0.15, 0.2) is 18.2 Å². The summed E-state index contributed by atoms with van der Waals surface area (Å²) in [5.74, 6) is 1.57. The van der Waals surface area contributed by atoms with Crippen LogP contribution in [-0.2, 0) is 6.42 Å². The van der Waals surface area contributed by atoms with Gasteiger partial charge in [-0.05, 0) is 48.4 Å². The molecule has 16 heavy (non-hydrogen) atoms. The first kappa shape index (κ1) is 11.8. The van der Waals surface area contributed by atoms with Crippen LogP contribution in [0.3, 0.4) is 0 Å². The number of thiol groups is 1. The Labute approximate surface area is 104 Å². The molecule has 0 saturated carbocycles. The lowest BCUT2D eigenvalue weighted by atomic mass is 9.91. The van der Waals surface area contributed by atoms with Gasteiger partial charge in [0.15, 0.2) is 0 Å². The molecule has 1 aromatic rings. The molecule has 0 aliphatic heterocycles. The second-order valence-electron chi connectivity index (χ2n) is 4.97. The molecule has 2 heteroatoms. The van der Waals surface area contributed by atoms with E-state index in [4.69, 9.17) is 4.74 Å². The monoisotopic (exact) mass is 236 g/mol. The van der Waals surface area contributed by atoms with Crippen molar-refractivity contribution in [3.05, 3.63) is 29.3 Å². The lowest BCUT2D eigenvalue weighted by molar-refractivity contribution is 0.270. The molecule has 1 nitrogen and oxygen atoms in total. The zero-order valence-corrected chi connectivity index (χ0v) is 11.0. The third-order valence-corrected chi connectivity index (χ3v) is 3.52. The summed E-state index contributed by atoms with van der Waals surface area (Å²) in [5, 5.41) is 0.395. The van der Waals surface area contributed by atoms with Gasteiger partial charge in [0, 0.05) is 5.25 Å². The van der Waals surface area contributed by atoms with Gasteiger partial charge in [0.05, 0.1) is 6.61 Å². The van der Waals surface area contributed by atoms with E-state index in [0.29, 0.717) is 11.2 Å². The highest BCUT2D eigenvalue weighted by atomic mass is 32.1. The van der Waals surface area contributed by atoms with Crippen molar-refractivity contribution in [1.29, 1.82) is 0 Å². The average molecular weight is 236 g/mol. The van der Waals surface area contributed by atoms with Gasteiger partial charge < -0.3 is 4.74 Å². The Kier molecular flexibility index (Phi) is 3.80. The minimum atomic E-state index is 0.395. The molecule has 1 unspecified atom stereocenters. The number of ether oxygens (including phenoxy) is 1. The Morgan fingerprint density at radius 3 is 3.00 bits per heavy atom. The Balaban J connectivity index is 2.14. The summed E-state index contributed by atoms with van der Waals surface area (Å²) in [6, 6.07) is 6.47. The molecule has 0 radical (unpaired) electrons. The van der Waals surface area contributed by atoms with Crippen molar-refractivity contribution >= 4 is 12.6 Å². The van der Waals surface area contributed by atoms with E-state index < -0.39 is 0 Å². The fourth-order valence-electron chi connectivity index (χ4n) is 2.10. The van der Waals surface area contributed by atoms with Gasteiger partial charge in [-0.2, -0.15) is 12.6 Å². The maximum atomic E-state index is 5.75. The number of benzene rings is 1. The molecule has 1 aliphatic carbocycles. The number of hydrogen-bond acceptors (Lipinski definition) is 2. The Bertz CT molecular complexity index is 360. The van der Waals surface area contributed by atoms with Crippen molar-refractivity contribution in [3.8, 4) is 5.75 Å². The molecule has 0 saturated heterocycles. The zero-order chi connectivity index (χ0) is 11.5. The summed E-state index contributed by atoms with van der Waals surface area (Å²) in [6.45, 7) is 5.12. The van der Waals surface area contributed by atoms with Crippen LogP contribution in [0.2, 0.25) is 0 Å². The van der Waals surface area contributed by atoms with Gasteiger partial charge in [-0.3, -0.25) is 0 Å². The standard InChI is InChI=1S/C14H20OS/c1-10(2)9-15-12-7-6-11-4-3-5-14(16)13(11)8-12/h6-8,10,14,16H,3-5,9H2,1-2H3. The molecule has 1 aliphatic rings. The van der Waals surface area contributed by atoms with Crippen LogP contribution >= 0.6 is 12.6 Å². The summed E-state index contributed by atoms with van der Waals surface area (Å²) >= 11 is 4.64. The van der Waals surface area contributed by atoms with Crippen LogP contribution in [0.1, 0.15) is 43.1 Å². The van der Waals surface area contributed by atoms with Gasteiger partial charge in [-0.1, -0.05) is 19.9 Å². The maximum absolute atomic E-state index is 5.75. The predicted molar refractivity (Wildman–Crippen MR) is 71.4 cm³/mol. The molecule has 0 heterocycles. The van der Waals surface area contributed by atoms with E-state index in [2.05, 4.69) is 44.7 Å². The van der Waals surface area contributed by atoms with E-state index in [0.717, 1.165) is 12.4 Å². The molecular weight excluding hydrogens is 216 g/mol. The third kappa shape index (κ3) is 2.73. The molecular formula is C14H20OS. The van der Waals surface area contributed by atoms with Crippen LogP contribution < -0.4 is 4.74 Å². The van der Waals surface area contributed by atoms with Gasteiger partial charge in [0.1, 0.15) is 5.75 Å². The highest BCUT2D eigenvalue weighted by Gasteiger charge is 2.17. The fraction of sp³-hybridized carbons (Fsp3) is 0.571. The van der Waals surface area contributed by atoms with Crippen LogP contribution in [-0.4, -0.2) is 6.61 Å². The smallest absolute Gasteiger partial charge is 0.119 e. The lowest BCUT2D eigenvalue weighted by Gasteiger charge is -2.22. The largest absolute Gasteiger partial charge is 0.493 e. The van der Waals surface area contributed by atoms with Crippen molar-refractivity contribution in [2.75, 3.05) is 6.61 Å². The fourth-order valence-corrected chi connectivity index (χ4v) is 2.53. The maximum Gasteiger partial charge on any atom is 0.119 e. The van der Waals surface area contributed by atoms with Crippen molar-refractivity contribution in [1.82, 2.24) is 0 Å². The van der Waals surface area contributed by atoms with Crippen molar-refractivity contribution in [2.45, 2.75) is 38.4 Å². The molecule has 0 N–H and O–H groups in total. The predicted octanol–water partition coefficient (Wildman–Crippen LogP) is 4.03. The van der Waals surface area contributed by atoms with Crippen molar-refractivity contribution in [2.24, 2.45) is 5.92 Å². The third-order valence-electron chi connectivity index (χ3n) is 2.98. The summed E-state index contributed by atoms with van der Waals surface area (Å²) in [6.07, 6.45) is 3.63.